The van der Waals surface area contributed by atoms with Crippen molar-refractivity contribution in [2.24, 2.45) is 17.6 Å². The average Bonchev–Trinajstić information content (AvgIpc) is 3.02. The molecule has 0 radical (unpaired) electrons. The van der Waals surface area contributed by atoms with Crippen molar-refractivity contribution in [3.8, 4) is 0 Å². The number of hydrogen-bond acceptors (Lipinski definition) is 2. The van der Waals surface area contributed by atoms with Gasteiger partial charge in [0.15, 0.2) is 0 Å². The molecule has 2 aliphatic carbocycles. The molecule has 2 unspecified atom stereocenters. The predicted octanol–water partition coefficient (Wildman–Crippen LogP) is 1.58. The summed E-state index contributed by atoms with van der Waals surface area (Å²) >= 11 is 0. The molecule has 1 aromatic rings. The summed E-state index contributed by atoms with van der Waals surface area (Å²) in [5, 5.41) is 3.19. The van der Waals surface area contributed by atoms with Crippen LogP contribution < -0.4 is 11.1 Å². The number of H-pyrrole nitrogens is 1. The lowest BCUT2D eigenvalue weighted by Crippen LogP contribution is -2.34. The van der Waals surface area contributed by atoms with Gasteiger partial charge in [-0.25, -0.2) is 0 Å². The second kappa shape index (κ2) is 5.37. The number of hydrogen-bond donors (Lipinski definition) is 3. The lowest BCUT2D eigenvalue weighted by atomic mass is 10.0. The van der Waals surface area contributed by atoms with Crippen molar-refractivity contribution in [3.05, 3.63) is 24.0 Å². The molecular formula is C15H23N3O. The van der Waals surface area contributed by atoms with Crippen LogP contribution in [-0.2, 0) is 11.2 Å². The Morgan fingerprint density at radius 1 is 1.32 bits per heavy atom. The first-order chi connectivity index (χ1) is 9.20. The molecule has 1 amide bonds. The summed E-state index contributed by atoms with van der Waals surface area (Å²) in [6.45, 7) is 0. The molecule has 0 saturated heterocycles. The highest BCUT2D eigenvalue weighted by molar-refractivity contribution is 5.76. The fraction of sp³-hybridized carbons (Fsp3) is 0.667. The standard InChI is InChI=1S/C15H23N3O/c16-12-6-10-8-14(9-11(10)7-12)18-15(19)4-3-13-2-1-5-17-13/h1-2,5,10-12,14,17H,3-4,6-9,16H2,(H,18,19). The predicted molar refractivity (Wildman–Crippen MR) is 74.5 cm³/mol. The van der Waals surface area contributed by atoms with Crippen LogP contribution in [0.5, 0.6) is 0 Å². The minimum absolute atomic E-state index is 0.184. The summed E-state index contributed by atoms with van der Waals surface area (Å²) < 4.78 is 0. The molecule has 4 heteroatoms. The Hall–Kier alpha value is -1.29. The molecule has 0 bridgehead atoms. The lowest BCUT2D eigenvalue weighted by molar-refractivity contribution is -0.121. The van der Waals surface area contributed by atoms with E-state index in [1.165, 1.54) is 0 Å². The molecule has 1 heterocycles. The molecule has 4 nitrogen and oxygen atoms in total. The number of aryl methyl sites for hydroxylation is 1. The zero-order valence-electron chi connectivity index (χ0n) is 11.3. The van der Waals surface area contributed by atoms with Crippen LogP contribution in [-0.4, -0.2) is 23.0 Å². The first-order valence-corrected chi connectivity index (χ1v) is 7.38. The fourth-order valence-corrected chi connectivity index (χ4v) is 3.85. The molecule has 2 fully saturated rings. The van der Waals surface area contributed by atoms with E-state index in [4.69, 9.17) is 5.73 Å². The third-order valence-corrected chi connectivity index (χ3v) is 4.70. The van der Waals surface area contributed by atoms with E-state index in [0.717, 1.165) is 49.6 Å². The second-order valence-corrected chi connectivity index (χ2v) is 6.18. The maximum atomic E-state index is 11.9. The number of rotatable bonds is 4. The highest BCUT2D eigenvalue weighted by Crippen LogP contribution is 2.43. The van der Waals surface area contributed by atoms with Gasteiger partial charge in [0, 0.05) is 30.4 Å². The normalized spacial score (nSPS) is 33.3. The van der Waals surface area contributed by atoms with Gasteiger partial charge in [0.2, 0.25) is 5.91 Å². The summed E-state index contributed by atoms with van der Waals surface area (Å²) in [6, 6.07) is 4.78. The molecule has 104 valence electrons. The number of aromatic nitrogens is 1. The van der Waals surface area contributed by atoms with E-state index in [0.29, 0.717) is 18.5 Å². The molecule has 1 aromatic heterocycles. The number of carbonyl (C=O) groups is 1. The summed E-state index contributed by atoms with van der Waals surface area (Å²) in [6.07, 6.45) is 7.84. The quantitative estimate of drug-likeness (QED) is 0.770. The number of nitrogens with two attached hydrogens (primary N) is 1. The second-order valence-electron chi connectivity index (χ2n) is 6.18. The van der Waals surface area contributed by atoms with Crippen molar-refractivity contribution in [1.29, 1.82) is 0 Å². The van der Waals surface area contributed by atoms with Gasteiger partial charge in [0.1, 0.15) is 0 Å². The van der Waals surface area contributed by atoms with Gasteiger partial charge in [-0.2, -0.15) is 0 Å². The zero-order valence-corrected chi connectivity index (χ0v) is 11.3. The van der Waals surface area contributed by atoms with Crippen molar-refractivity contribution < 1.29 is 4.79 Å². The minimum Gasteiger partial charge on any atom is -0.365 e. The number of aromatic amines is 1. The van der Waals surface area contributed by atoms with Gasteiger partial charge in [0.05, 0.1) is 0 Å². The molecule has 19 heavy (non-hydrogen) atoms. The van der Waals surface area contributed by atoms with E-state index in [-0.39, 0.29) is 5.91 Å². The maximum Gasteiger partial charge on any atom is 0.220 e. The van der Waals surface area contributed by atoms with Crippen LogP contribution in [0.4, 0.5) is 0 Å². The van der Waals surface area contributed by atoms with Crippen molar-refractivity contribution >= 4 is 5.91 Å². The Balaban J connectivity index is 1.41. The fourth-order valence-electron chi connectivity index (χ4n) is 3.85. The van der Waals surface area contributed by atoms with Gasteiger partial charge in [-0.15, -0.1) is 0 Å². The summed E-state index contributed by atoms with van der Waals surface area (Å²) in [7, 11) is 0. The minimum atomic E-state index is 0.184. The Labute approximate surface area is 114 Å². The first-order valence-electron chi connectivity index (χ1n) is 7.38. The van der Waals surface area contributed by atoms with Crippen LogP contribution in [0.25, 0.3) is 0 Å². The molecule has 2 atom stereocenters. The SMILES string of the molecule is NC1CC2CC(NC(=O)CCc3ccc[nH]3)CC2C1. The number of amides is 1. The number of nitrogens with one attached hydrogen (secondary N) is 2. The van der Waals surface area contributed by atoms with Crippen molar-refractivity contribution in [3.63, 3.8) is 0 Å². The molecule has 4 N–H and O–H groups in total. The third kappa shape index (κ3) is 3.00. The molecule has 0 aromatic carbocycles. The summed E-state index contributed by atoms with van der Waals surface area (Å²) in [4.78, 5) is 15.1. The highest BCUT2D eigenvalue weighted by atomic mass is 16.1. The van der Waals surface area contributed by atoms with E-state index in [9.17, 15) is 4.79 Å². The molecule has 2 aliphatic rings. The Kier molecular flexibility index (Phi) is 3.60. The first kappa shape index (κ1) is 12.7. The van der Waals surface area contributed by atoms with E-state index < -0.39 is 0 Å². The van der Waals surface area contributed by atoms with Crippen LogP contribution in [0, 0.1) is 11.8 Å². The third-order valence-electron chi connectivity index (χ3n) is 4.70. The molecule has 0 aliphatic heterocycles. The largest absolute Gasteiger partial charge is 0.365 e. The monoisotopic (exact) mass is 261 g/mol. The summed E-state index contributed by atoms with van der Waals surface area (Å²) in [5.41, 5.74) is 7.11. The van der Waals surface area contributed by atoms with Crippen molar-refractivity contribution in [1.82, 2.24) is 10.3 Å². The van der Waals surface area contributed by atoms with E-state index >= 15 is 0 Å². The van der Waals surface area contributed by atoms with Gasteiger partial charge in [-0.05, 0) is 56.1 Å². The van der Waals surface area contributed by atoms with Gasteiger partial charge in [-0.3, -0.25) is 4.79 Å². The van der Waals surface area contributed by atoms with Crippen LogP contribution in [0.1, 0.15) is 37.8 Å². The zero-order chi connectivity index (χ0) is 13.2. The van der Waals surface area contributed by atoms with Gasteiger partial charge in [-0.1, -0.05) is 0 Å². The van der Waals surface area contributed by atoms with Gasteiger partial charge in [0.25, 0.3) is 0 Å². The van der Waals surface area contributed by atoms with Gasteiger partial charge < -0.3 is 16.0 Å². The molecule has 0 spiro atoms. The molecular weight excluding hydrogens is 238 g/mol. The van der Waals surface area contributed by atoms with Crippen molar-refractivity contribution in [2.45, 2.75) is 50.6 Å². The lowest BCUT2D eigenvalue weighted by Gasteiger charge is -2.14. The van der Waals surface area contributed by atoms with Gasteiger partial charge >= 0.3 is 0 Å². The van der Waals surface area contributed by atoms with E-state index in [1.807, 2.05) is 18.3 Å². The molecule has 3 rings (SSSR count). The van der Waals surface area contributed by atoms with Crippen molar-refractivity contribution in [2.75, 3.05) is 0 Å². The van der Waals surface area contributed by atoms with Crippen LogP contribution in [0.15, 0.2) is 18.3 Å². The number of fused-ring (bicyclic) bond motifs is 1. The average molecular weight is 261 g/mol. The summed E-state index contributed by atoms with van der Waals surface area (Å²) in [5.74, 6) is 1.69. The maximum absolute atomic E-state index is 11.9. The smallest absolute Gasteiger partial charge is 0.220 e. The Bertz CT molecular complexity index is 415. The van der Waals surface area contributed by atoms with Crippen LogP contribution >= 0.6 is 0 Å². The topological polar surface area (TPSA) is 70.9 Å². The molecule has 2 saturated carbocycles. The Morgan fingerprint density at radius 2 is 2.05 bits per heavy atom. The van der Waals surface area contributed by atoms with Crippen LogP contribution in [0.3, 0.4) is 0 Å². The van der Waals surface area contributed by atoms with E-state index in [2.05, 4.69) is 10.3 Å². The Morgan fingerprint density at radius 3 is 2.68 bits per heavy atom. The van der Waals surface area contributed by atoms with E-state index in [1.54, 1.807) is 0 Å². The number of carbonyl (C=O) groups excluding carboxylic acids is 1. The highest BCUT2D eigenvalue weighted by Gasteiger charge is 2.40. The van der Waals surface area contributed by atoms with Crippen LogP contribution in [0.2, 0.25) is 0 Å².